The molecule has 0 spiro atoms. The van der Waals surface area contributed by atoms with Crippen LogP contribution in [-0.4, -0.2) is 33.7 Å². The van der Waals surface area contributed by atoms with Crippen molar-refractivity contribution in [2.75, 3.05) is 38.4 Å². The fourth-order valence-electron chi connectivity index (χ4n) is 1.76. The first-order chi connectivity index (χ1) is 9.65. The van der Waals surface area contributed by atoms with E-state index in [9.17, 15) is 0 Å². The SMILES string of the molecule is CCCCNc1cc(Br)c(OC)c(NC(=NC)NC)c1. The molecule has 112 valence electrons. The van der Waals surface area contributed by atoms with Crippen LogP contribution in [0.4, 0.5) is 11.4 Å². The summed E-state index contributed by atoms with van der Waals surface area (Å²) in [5, 5.41) is 9.61. The first kappa shape index (κ1) is 16.6. The summed E-state index contributed by atoms with van der Waals surface area (Å²) < 4.78 is 6.33. The Morgan fingerprint density at radius 3 is 2.70 bits per heavy atom. The van der Waals surface area contributed by atoms with E-state index >= 15 is 0 Å². The van der Waals surface area contributed by atoms with Gasteiger partial charge in [0.1, 0.15) is 0 Å². The molecule has 5 nitrogen and oxygen atoms in total. The highest BCUT2D eigenvalue weighted by Crippen LogP contribution is 2.36. The molecule has 0 heterocycles. The van der Waals surface area contributed by atoms with Gasteiger partial charge >= 0.3 is 0 Å². The Bertz CT molecular complexity index is 463. The van der Waals surface area contributed by atoms with Gasteiger partial charge in [0.15, 0.2) is 11.7 Å². The Kier molecular flexibility index (Phi) is 7.22. The van der Waals surface area contributed by atoms with Gasteiger partial charge in [-0.05, 0) is 34.5 Å². The summed E-state index contributed by atoms with van der Waals surface area (Å²) in [4.78, 5) is 4.12. The molecule has 3 N–H and O–H groups in total. The summed E-state index contributed by atoms with van der Waals surface area (Å²) in [5.41, 5.74) is 1.90. The first-order valence-corrected chi connectivity index (χ1v) is 7.48. The van der Waals surface area contributed by atoms with Crippen molar-refractivity contribution in [3.8, 4) is 5.75 Å². The summed E-state index contributed by atoms with van der Waals surface area (Å²) in [6.45, 7) is 3.13. The molecule has 1 aromatic rings. The predicted molar refractivity (Wildman–Crippen MR) is 90.1 cm³/mol. The monoisotopic (exact) mass is 342 g/mol. The van der Waals surface area contributed by atoms with E-state index in [0.717, 1.165) is 34.6 Å². The first-order valence-electron chi connectivity index (χ1n) is 6.69. The van der Waals surface area contributed by atoms with Gasteiger partial charge in [-0.25, -0.2) is 0 Å². The molecule has 0 fully saturated rings. The van der Waals surface area contributed by atoms with E-state index in [4.69, 9.17) is 4.74 Å². The van der Waals surface area contributed by atoms with Crippen molar-refractivity contribution in [2.24, 2.45) is 4.99 Å². The highest BCUT2D eigenvalue weighted by atomic mass is 79.9. The summed E-state index contributed by atoms with van der Waals surface area (Å²) in [6.07, 6.45) is 2.31. The van der Waals surface area contributed by atoms with Crippen LogP contribution in [0.25, 0.3) is 0 Å². The number of unbranched alkanes of at least 4 members (excludes halogenated alkanes) is 1. The number of halogens is 1. The molecule has 0 atom stereocenters. The number of nitrogens with one attached hydrogen (secondary N) is 3. The zero-order valence-electron chi connectivity index (χ0n) is 12.5. The zero-order chi connectivity index (χ0) is 15.0. The Balaban J connectivity index is 2.99. The second kappa shape index (κ2) is 8.68. The van der Waals surface area contributed by atoms with Crippen molar-refractivity contribution in [3.05, 3.63) is 16.6 Å². The number of ether oxygens (including phenoxy) is 1. The lowest BCUT2D eigenvalue weighted by Crippen LogP contribution is -2.27. The molecule has 1 aromatic carbocycles. The lowest BCUT2D eigenvalue weighted by Gasteiger charge is -2.16. The van der Waals surface area contributed by atoms with Crippen LogP contribution in [0, 0.1) is 0 Å². The smallest absolute Gasteiger partial charge is 0.195 e. The average Bonchev–Trinajstić information content (AvgIpc) is 2.44. The lowest BCUT2D eigenvalue weighted by molar-refractivity contribution is 0.414. The third-order valence-corrected chi connectivity index (χ3v) is 3.41. The minimum Gasteiger partial charge on any atom is -0.493 e. The number of nitrogens with zero attached hydrogens (tertiary/aromatic N) is 1. The van der Waals surface area contributed by atoms with Gasteiger partial charge in [-0.1, -0.05) is 13.3 Å². The highest BCUT2D eigenvalue weighted by Gasteiger charge is 2.11. The number of hydrogen-bond donors (Lipinski definition) is 3. The second-order valence-corrected chi connectivity index (χ2v) is 5.12. The quantitative estimate of drug-likeness (QED) is 0.421. The Hall–Kier alpha value is -1.43. The van der Waals surface area contributed by atoms with Crippen LogP contribution in [0.1, 0.15) is 19.8 Å². The molecule has 6 heteroatoms. The molecular formula is C14H23BrN4O. The molecule has 0 radical (unpaired) electrons. The maximum absolute atomic E-state index is 5.43. The molecule has 0 aliphatic heterocycles. The fraction of sp³-hybridized carbons (Fsp3) is 0.500. The van der Waals surface area contributed by atoms with Crippen LogP contribution in [0.15, 0.2) is 21.6 Å². The normalized spacial score (nSPS) is 11.2. The number of aliphatic imine (C=N–C) groups is 1. The summed E-state index contributed by atoms with van der Waals surface area (Å²) in [6, 6.07) is 4.03. The highest BCUT2D eigenvalue weighted by molar-refractivity contribution is 9.10. The van der Waals surface area contributed by atoms with Gasteiger partial charge < -0.3 is 20.7 Å². The van der Waals surface area contributed by atoms with E-state index in [-0.39, 0.29) is 0 Å². The van der Waals surface area contributed by atoms with Crippen molar-refractivity contribution in [3.63, 3.8) is 0 Å². The van der Waals surface area contributed by atoms with Crippen LogP contribution < -0.4 is 20.7 Å². The molecule has 20 heavy (non-hydrogen) atoms. The molecule has 0 aliphatic rings. The number of methoxy groups -OCH3 is 1. The Morgan fingerprint density at radius 1 is 1.40 bits per heavy atom. The van der Waals surface area contributed by atoms with Crippen molar-refractivity contribution in [1.29, 1.82) is 0 Å². The topological polar surface area (TPSA) is 57.7 Å². The van der Waals surface area contributed by atoms with Crippen LogP contribution in [0.3, 0.4) is 0 Å². The number of benzene rings is 1. The van der Waals surface area contributed by atoms with Gasteiger partial charge in [-0.3, -0.25) is 4.99 Å². The van der Waals surface area contributed by atoms with Crippen molar-refractivity contribution in [2.45, 2.75) is 19.8 Å². The van der Waals surface area contributed by atoms with Crippen molar-refractivity contribution >= 4 is 33.3 Å². The Morgan fingerprint density at radius 2 is 2.15 bits per heavy atom. The number of hydrogen-bond acceptors (Lipinski definition) is 3. The lowest BCUT2D eigenvalue weighted by atomic mass is 10.2. The zero-order valence-corrected chi connectivity index (χ0v) is 14.1. The molecule has 1 rings (SSSR count). The summed E-state index contributed by atoms with van der Waals surface area (Å²) in [5.74, 6) is 1.43. The van der Waals surface area contributed by atoms with E-state index < -0.39 is 0 Å². The van der Waals surface area contributed by atoms with Crippen LogP contribution in [0.5, 0.6) is 5.75 Å². The van der Waals surface area contributed by atoms with Gasteiger partial charge in [0.25, 0.3) is 0 Å². The average molecular weight is 343 g/mol. The van der Waals surface area contributed by atoms with Gasteiger partial charge in [0.2, 0.25) is 0 Å². The van der Waals surface area contributed by atoms with Gasteiger partial charge in [-0.15, -0.1) is 0 Å². The van der Waals surface area contributed by atoms with Gasteiger partial charge in [0.05, 0.1) is 17.3 Å². The summed E-state index contributed by atoms with van der Waals surface area (Å²) >= 11 is 3.54. The van der Waals surface area contributed by atoms with Crippen LogP contribution in [0.2, 0.25) is 0 Å². The molecule has 0 aliphatic carbocycles. The van der Waals surface area contributed by atoms with Crippen molar-refractivity contribution in [1.82, 2.24) is 5.32 Å². The Labute approximate surface area is 129 Å². The third-order valence-electron chi connectivity index (χ3n) is 2.82. The van der Waals surface area contributed by atoms with Crippen molar-refractivity contribution < 1.29 is 4.74 Å². The molecule has 0 amide bonds. The minimum absolute atomic E-state index is 0.681. The standard InChI is InChI=1S/C14H23BrN4O/c1-5-6-7-18-10-8-11(15)13(20-4)12(9-10)19-14(16-2)17-3/h8-9,18H,5-7H2,1-4H3,(H2,16,17,19). The second-order valence-electron chi connectivity index (χ2n) is 4.27. The number of guanidine groups is 1. The molecule has 0 bridgehead atoms. The van der Waals surface area contributed by atoms with Crippen LogP contribution in [-0.2, 0) is 0 Å². The molecule has 0 aromatic heterocycles. The van der Waals surface area contributed by atoms with Gasteiger partial charge in [0, 0.05) is 26.3 Å². The van der Waals surface area contributed by atoms with E-state index in [1.807, 2.05) is 19.2 Å². The van der Waals surface area contributed by atoms with E-state index in [2.05, 4.69) is 43.8 Å². The maximum atomic E-state index is 5.43. The molecule has 0 unspecified atom stereocenters. The molecular weight excluding hydrogens is 320 g/mol. The van der Waals surface area contributed by atoms with E-state index in [1.165, 1.54) is 6.42 Å². The number of anilines is 2. The molecule has 0 saturated carbocycles. The maximum Gasteiger partial charge on any atom is 0.195 e. The van der Waals surface area contributed by atoms with Gasteiger partial charge in [-0.2, -0.15) is 0 Å². The number of rotatable bonds is 6. The fourth-order valence-corrected chi connectivity index (χ4v) is 2.39. The molecule has 0 saturated heterocycles. The van der Waals surface area contributed by atoms with E-state index in [1.54, 1.807) is 14.2 Å². The largest absolute Gasteiger partial charge is 0.493 e. The minimum atomic E-state index is 0.681. The van der Waals surface area contributed by atoms with E-state index in [0.29, 0.717) is 5.96 Å². The summed E-state index contributed by atoms with van der Waals surface area (Å²) in [7, 11) is 5.20. The third kappa shape index (κ3) is 4.59. The predicted octanol–water partition coefficient (Wildman–Crippen LogP) is 3.29. The van der Waals surface area contributed by atoms with Crippen LogP contribution >= 0.6 is 15.9 Å².